The third-order valence-electron chi connectivity index (χ3n) is 5.65. The van der Waals surface area contributed by atoms with E-state index < -0.39 is 15.9 Å². The molecular weight excluding hydrogens is 432 g/mol. The van der Waals surface area contributed by atoms with Gasteiger partial charge in [0.1, 0.15) is 0 Å². The minimum atomic E-state index is -3.65. The van der Waals surface area contributed by atoms with Crippen LogP contribution >= 0.6 is 11.6 Å². The molecule has 162 valence electrons. The van der Waals surface area contributed by atoms with Crippen molar-refractivity contribution in [2.24, 2.45) is 0 Å². The monoisotopic (exact) mass is 456 g/mol. The van der Waals surface area contributed by atoms with E-state index in [1.807, 2.05) is 42.5 Å². The third-order valence-corrected chi connectivity index (χ3v) is 7.88. The maximum atomic E-state index is 13.1. The van der Waals surface area contributed by atoms with Gasteiger partial charge in [0.25, 0.3) is 5.91 Å². The van der Waals surface area contributed by atoms with Crippen LogP contribution in [0.4, 0.5) is 0 Å². The fraction of sp³-hybridized carbons (Fsp3) is 0.292. The van der Waals surface area contributed by atoms with Gasteiger partial charge in [-0.2, -0.15) is 4.31 Å². The van der Waals surface area contributed by atoms with E-state index in [0.717, 1.165) is 42.0 Å². The summed E-state index contributed by atoms with van der Waals surface area (Å²) in [4.78, 5) is 12.9. The van der Waals surface area contributed by atoms with Crippen LogP contribution in [0.15, 0.2) is 65.6 Å². The summed E-state index contributed by atoms with van der Waals surface area (Å²) in [7, 11) is -3.65. The average Bonchev–Trinajstić information content (AvgIpc) is 3.08. The minimum absolute atomic E-state index is 0.106. The van der Waals surface area contributed by atoms with Gasteiger partial charge in [-0.25, -0.2) is 8.42 Å². The summed E-state index contributed by atoms with van der Waals surface area (Å²) in [6.07, 6.45) is 3.78. The zero-order valence-corrected chi connectivity index (χ0v) is 18.8. The maximum absolute atomic E-state index is 13.1. The van der Waals surface area contributed by atoms with Crippen molar-refractivity contribution in [1.82, 2.24) is 9.62 Å². The summed E-state index contributed by atoms with van der Waals surface area (Å²) in [6.45, 7) is 1.34. The molecule has 1 aliphatic rings. The lowest BCUT2D eigenvalue weighted by Gasteiger charge is -2.20. The van der Waals surface area contributed by atoms with E-state index in [2.05, 4.69) is 5.32 Å². The first-order valence-corrected chi connectivity index (χ1v) is 12.3. The van der Waals surface area contributed by atoms with Gasteiger partial charge < -0.3 is 5.32 Å². The molecule has 3 aromatic carbocycles. The molecule has 1 aliphatic heterocycles. The van der Waals surface area contributed by atoms with Gasteiger partial charge in [0.15, 0.2) is 0 Å². The molecule has 3 aromatic rings. The molecule has 0 unspecified atom stereocenters. The van der Waals surface area contributed by atoms with Gasteiger partial charge in [0.2, 0.25) is 10.0 Å². The predicted molar refractivity (Wildman–Crippen MR) is 124 cm³/mol. The topological polar surface area (TPSA) is 66.5 Å². The molecule has 7 heteroatoms. The van der Waals surface area contributed by atoms with Crippen molar-refractivity contribution < 1.29 is 13.2 Å². The molecule has 1 N–H and O–H groups in total. The van der Waals surface area contributed by atoms with Crippen molar-refractivity contribution in [2.75, 3.05) is 13.1 Å². The summed E-state index contributed by atoms with van der Waals surface area (Å²) in [6, 6.07) is 18.4. The second-order valence-corrected chi connectivity index (χ2v) is 10.2. The zero-order valence-electron chi connectivity index (χ0n) is 17.2. The Morgan fingerprint density at radius 1 is 0.903 bits per heavy atom. The summed E-state index contributed by atoms with van der Waals surface area (Å²) < 4.78 is 27.7. The normalized spacial score (nSPS) is 15.5. The standard InChI is InChI=1S/C24H25ClN2O3S/c25-23-12-11-21(31(29,30)27-13-5-1-2-6-14-27)16-22(23)24(28)26-17-18-9-10-19-7-3-4-8-20(19)15-18/h3-4,7-12,15-16H,1-2,5-6,13-14,17H2,(H,26,28). The molecule has 31 heavy (non-hydrogen) atoms. The van der Waals surface area contributed by atoms with Gasteiger partial charge in [-0.05, 0) is 53.4 Å². The molecule has 0 bridgehead atoms. The predicted octanol–water partition coefficient (Wildman–Crippen LogP) is 4.99. The number of hydrogen-bond donors (Lipinski definition) is 1. The zero-order chi connectivity index (χ0) is 21.8. The van der Waals surface area contributed by atoms with E-state index in [9.17, 15) is 13.2 Å². The summed E-state index contributed by atoms with van der Waals surface area (Å²) in [5, 5.41) is 5.31. The van der Waals surface area contributed by atoms with Crippen molar-refractivity contribution >= 4 is 38.3 Å². The van der Waals surface area contributed by atoms with Crippen LogP contribution < -0.4 is 5.32 Å². The van der Waals surface area contributed by atoms with E-state index in [1.54, 1.807) is 0 Å². The molecule has 0 atom stereocenters. The van der Waals surface area contributed by atoms with Gasteiger partial charge in [0.05, 0.1) is 15.5 Å². The summed E-state index contributed by atoms with van der Waals surface area (Å²) in [5.74, 6) is -0.397. The van der Waals surface area contributed by atoms with Crippen molar-refractivity contribution in [1.29, 1.82) is 0 Å². The highest BCUT2D eigenvalue weighted by atomic mass is 35.5. The Labute approximate surface area is 188 Å². The highest BCUT2D eigenvalue weighted by Crippen LogP contribution is 2.25. The van der Waals surface area contributed by atoms with Gasteiger partial charge in [0, 0.05) is 19.6 Å². The van der Waals surface area contributed by atoms with E-state index >= 15 is 0 Å². The molecule has 5 nitrogen and oxygen atoms in total. The summed E-state index contributed by atoms with van der Waals surface area (Å²) >= 11 is 6.24. The van der Waals surface area contributed by atoms with Gasteiger partial charge in [-0.3, -0.25) is 4.79 Å². The van der Waals surface area contributed by atoms with Crippen molar-refractivity contribution in [2.45, 2.75) is 37.1 Å². The number of hydrogen-bond acceptors (Lipinski definition) is 3. The Bertz CT molecular complexity index is 1200. The van der Waals surface area contributed by atoms with Crippen molar-refractivity contribution in [3.63, 3.8) is 0 Å². The quantitative estimate of drug-likeness (QED) is 0.588. The second kappa shape index (κ2) is 9.39. The van der Waals surface area contributed by atoms with E-state index in [1.165, 1.54) is 22.5 Å². The molecule has 1 amide bonds. The van der Waals surface area contributed by atoms with Crippen LogP contribution in [0.5, 0.6) is 0 Å². The minimum Gasteiger partial charge on any atom is -0.348 e. The molecule has 0 radical (unpaired) electrons. The number of benzene rings is 3. The number of nitrogens with one attached hydrogen (secondary N) is 1. The van der Waals surface area contributed by atoms with Crippen molar-refractivity contribution in [3.05, 3.63) is 76.8 Å². The number of carbonyl (C=O) groups is 1. The van der Waals surface area contributed by atoms with E-state index in [-0.39, 0.29) is 15.5 Å². The SMILES string of the molecule is O=C(NCc1ccc2ccccc2c1)c1cc(S(=O)(=O)N2CCCCCC2)ccc1Cl. The van der Waals surface area contributed by atoms with Gasteiger partial charge in [-0.15, -0.1) is 0 Å². The molecule has 1 saturated heterocycles. The van der Waals surface area contributed by atoms with Crippen LogP contribution in [0.25, 0.3) is 10.8 Å². The maximum Gasteiger partial charge on any atom is 0.253 e. The molecule has 1 heterocycles. The molecular formula is C24H25ClN2O3S. The molecule has 0 spiro atoms. The van der Waals surface area contributed by atoms with Crippen LogP contribution in [-0.4, -0.2) is 31.7 Å². The van der Waals surface area contributed by atoms with Gasteiger partial charge >= 0.3 is 0 Å². The Kier molecular flexibility index (Phi) is 6.60. The molecule has 0 saturated carbocycles. The first kappa shape index (κ1) is 21.8. The number of fused-ring (bicyclic) bond motifs is 1. The lowest BCUT2D eigenvalue weighted by Crippen LogP contribution is -2.32. The first-order chi connectivity index (χ1) is 14.9. The number of halogens is 1. The smallest absolute Gasteiger partial charge is 0.253 e. The molecule has 0 aliphatic carbocycles. The number of carbonyl (C=O) groups excluding carboxylic acids is 1. The third kappa shape index (κ3) is 4.92. The average molecular weight is 457 g/mol. The van der Waals surface area contributed by atoms with Gasteiger partial charge in [-0.1, -0.05) is 60.8 Å². The fourth-order valence-corrected chi connectivity index (χ4v) is 5.64. The van der Waals surface area contributed by atoms with Crippen LogP contribution in [0.1, 0.15) is 41.6 Å². The number of nitrogens with zero attached hydrogens (tertiary/aromatic N) is 1. The van der Waals surface area contributed by atoms with Crippen LogP contribution in [-0.2, 0) is 16.6 Å². The number of amides is 1. The highest BCUT2D eigenvalue weighted by Gasteiger charge is 2.26. The Hall–Kier alpha value is -2.41. The fourth-order valence-electron chi connectivity index (χ4n) is 3.90. The van der Waals surface area contributed by atoms with Crippen LogP contribution in [0.3, 0.4) is 0 Å². The lowest BCUT2D eigenvalue weighted by molar-refractivity contribution is 0.0951. The Balaban J connectivity index is 1.52. The largest absolute Gasteiger partial charge is 0.348 e. The Morgan fingerprint density at radius 2 is 1.61 bits per heavy atom. The number of rotatable bonds is 5. The van der Waals surface area contributed by atoms with Crippen LogP contribution in [0, 0.1) is 0 Å². The Morgan fingerprint density at radius 3 is 2.35 bits per heavy atom. The van der Waals surface area contributed by atoms with Crippen LogP contribution in [0.2, 0.25) is 5.02 Å². The molecule has 4 rings (SSSR count). The summed E-state index contributed by atoms with van der Waals surface area (Å²) in [5.41, 5.74) is 1.12. The molecule has 0 aromatic heterocycles. The van der Waals surface area contributed by atoms with E-state index in [4.69, 9.17) is 11.6 Å². The highest BCUT2D eigenvalue weighted by molar-refractivity contribution is 7.89. The van der Waals surface area contributed by atoms with E-state index in [0.29, 0.717) is 19.6 Å². The number of sulfonamides is 1. The lowest BCUT2D eigenvalue weighted by atomic mass is 10.1. The first-order valence-electron chi connectivity index (χ1n) is 10.5. The van der Waals surface area contributed by atoms with Crippen molar-refractivity contribution in [3.8, 4) is 0 Å². The second-order valence-electron chi connectivity index (χ2n) is 7.82. The molecule has 1 fully saturated rings.